The summed E-state index contributed by atoms with van der Waals surface area (Å²) in [5.74, 6) is 0.0889. The van der Waals surface area contributed by atoms with Gasteiger partial charge in [-0.3, -0.25) is 9.69 Å². The van der Waals surface area contributed by atoms with Crippen LogP contribution in [0.5, 0.6) is 0 Å². The first kappa shape index (κ1) is 13.5. The van der Waals surface area contributed by atoms with Gasteiger partial charge in [0.1, 0.15) is 0 Å². The Labute approximate surface area is 119 Å². The van der Waals surface area contributed by atoms with Crippen LogP contribution in [-0.2, 0) is 11.2 Å². The van der Waals surface area contributed by atoms with E-state index in [9.17, 15) is 9.90 Å². The topological polar surface area (TPSA) is 64.6 Å². The summed E-state index contributed by atoms with van der Waals surface area (Å²) >= 11 is 0. The van der Waals surface area contributed by atoms with Gasteiger partial charge < -0.3 is 15.7 Å². The van der Waals surface area contributed by atoms with Crippen molar-refractivity contribution in [1.29, 1.82) is 0 Å². The molecule has 2 aliphatic rings. The van der Waals surface area contributed by atoms with E-state index in [-0.39, 0.29) is 18.6 Å². The molecule has 0 saturated carbocycles. The van der Waals surface area contributed by atoms with Crippen molar-refractivity contribution in [2.75, 3.05) is 38.1 Å². The number of hydrogen-bond donors (Lipinski definition) is 3. The predicted octanol–water partition coefficient (Wildman–Crippen LogP) is 0.510. The van der Waals surface area contributed by atoms with E-state index >= 15 is 0 Å². The third-order valence-electron chi connectivity index (χ3n) is 4.17. The number of hydrogen-bond acceptors (Lipinski definition) is 4. The number of benzene rings is 1. The molecule has 1 amide bonds. The first-order valence-corrected chi connectivity index (χ1v) is 7.26. The maximum Gasteiger partial charge on any atom is 0.224 e. The van der Waals surface area contributed by atoms with Gasteiger partial charge in [-0.15, -0.1) is 0 Å². The SMILES string of the molecule is O=C1CCc2cc(C(CO)N3CCNCC3)ccc2N1. The smallest absolute Gasteiger partial charge is 0.224 e. The average Bonchev–Trinajstić information content (AvgIpc) is 2.49. The second kappa shape index (κ2) is 5.91. The van der Waals surface area contributed by atoms with Crippen LogP contribution in [0.3, 0.4) is 0 Å². The number of rotatable bonds is 3. The highest BCUT2D eigenvalue weighted by atomic mass is 16.3. The van der Waals surface area contributed by atoms with Crippen molar-refractivity contribution in [2.24, 2.45) is 0 Å². The maximum atomic E-state index is 11.4. The van der Waals surface area contributed by atoms with E-state index in [0.29, 0.717) is 6.42 Å². The molecule has 1 aromatic rings. The second-order valence-corrected chi connectivity index (χ2v) is 5.45. The fraction of sp³-hybridized carbons (Fsp3) is 0.533. The Balaban J connectivity index is 1.83. The lowest BCUT2D eigenvalue weighted by Crippen LogP contribution is -2.46. The molecule has 0 spiro atoms. The molecule has 5 nitrogen and oxygen atoms in total. The largest absolute Gasteiger partial charge is 0.394 e. The van der Waals surface area contributed by atoms with Crippen molar-refractivity contribution in [1.82, 2.24) is 10.2 Å². The van der Waals surface area contributed by atoms with Gasteiger partial charge in [0.2, 0.25) is 5.91 Å². The van der Waals surface area contributed by atoms with Gasteiger partial charge in [0.15, 0.2) is 0 Å². The predicted molar refractivity (Wildman–Crippen MR) is 77.7 cm³/mol. The van der Waals surface area contributed by atoms with Gasteiger partial charge in [0.25, 0.3) is 0 Å². The Hall–Kier alpha value is -1.43. The van der Waals surface area contributed by atoms with Crippen LogP contribution in [0.2, 0.25) is 0 Å². The number of carbonyl (C=O) groups is 1. The van der Waals surface area contributed by atoms with Gasteiger partial charge in [-0.05, 0) is 23.6 Å². The van der Waals surface area contributed by atoms with Crippen LogP contribution in [0.15, 0.2) is 18.2 Å². The van der Waals surface area contributed by atoms with Crippen LogP contribution in [0.1, 0.15) is 23.6 Å². The minimum atomic E-state index is 0.0556. The number of piperazine rings is 1. The number of nitrogens with zero attached hydrogens (tertiary/aromatic N) is 1. The van der Waals surface area contributed by atoms with Gasteiger partial charge in [0.05, 0.1) is 12.6 Å². The summed E-state index contributed by atoms with van der Waals surface area (Å²) in [6.45, 7) is 3.98. The molecule has 108 valence electrons. The van der Waals surface area contributed by atoms with Crippen molar-refractivity contribution in [3.05, 3.63) is 29.3 Å². The van der Waals surface area contributed by atoms with Gasteiger partial charge in [-0.1, -0.05) is 12.1 Å². The molecule has 1 atom stereocenters. The molecule has 20 heavy (non-hydrogen) atoms. The number of aliphatic hydroxyl groups excluding tert-OH is 1. The molecular formula is C15H21N3O2. The number of nitrogens with one attached hydrogen (secondary N) is 2. The van der Waals surface area contributed by atoms with Crippen molar-refractivity contribution < 1.29 is 9.90 Å². The molecule has 2 heterocycles. The van der Waals surface area contributed by atoms with Crippen LogP contribution in [0.25, 0.3) is 0 Å². The minimum absolute atomic E-state index is 0.0556. The quantitative estimate of drug-likeness (QED) is 0.752. The summed E-state index contributed by atoms with van der Waals surface area (Å²) in [4.78, 5) is 13.7. The third kappa shape index (κ3) is 2.70. The summed E-state index contributed by atoms with van der Waals surface area (Å²) in [6.07, 6.45) is 1.34. The van der Waals surface area contributed by atoms with E-state index in [2.05, 4.69) is 21.6 Å². The van der Waals surface area contributed by atoms with E-state index in [4.69, 9.17) is 0 Å². The normalized spacial score (nSPS) is 21.1. The molecule has 3 N–H and O–H groups in total. The van der Waals surface area contributed by atoms with Crippen LogP contribution >= 0.6 is 0 Å². The average molecular weight is 275 g/mol. The van der Waals surface area contributed by atoms with Crippen LogP contribution < -0.4 is 10.6 Å². The molecule has 3 rings (SSSR count). The fourth-order valence-electron chi connectivity index (χ4n) is 3.04. The van der Waals surface area contributed by atoms with Gasteiger partial charge in [-0.25, -0.2) is 0 Å². The zero-order chi connectivity index (χ0) is 13.9. The zero-order valence-electron chi connectivity index (χ0n) is 11.6. The highest BCUT2D eigenvalue weighted by Crippen LogP contribution is 2.28. The number of aliphatic hydroxyl groups is 1. The van der Waals surface area contributed by atoms with Crippen molar-refractivity contribution in [2.45, 2.75) is 18.9 Å². The molecule has 0 aliphatic carbocycles. The lowest BCUT2D eigenvalue weighted by Gasteiger charge is -2.34. The maximum absolute atomic E-state index is 11.4. The molecular weight excluding hydrogens is 254 g/mol. The number of carbonyl (C=O) groups excluding carboxylic acids is 1. The zero-order valence-corrected chi connectivity index (χ0v) is 11.6. The Morgan fingerprint density at radius 3 is 2.80 bits per heavy atom. The summed E-state index contributed by atoms with van der Waals surface area (Å²) in [6, 6.07) is 6.18. The number of amides is 1. The van der Waals surface area contributed by atoms with Crippen LogP contribution in [-0.4, -0.2) is 48.7 Å². The first-order valence-electron chi connectivity index (χ1n) is 7.26. The molecule has 5 heteroatoms. The van der Waals surface area contributed by atoms with E-state index in [1.165, 1.54) is 5.56 Å². The van der Waals surface area contributed by atoms with E-state index in [1.54, 1.807) is 0 Å². The second-order valence-electron chi connectivity index (χ2n) is 5.45. The third-order valence-corrected chi connectivity index (χ3v) is 4.17. The first-order chi connectivity index (χ1) is 9.78. The van der Waals surface area contributed by atoms with Crippen LogP contribution in [0.4, 0.5) is 5.69 Å². The number of aryl methyl sites for hydroxylation is 1. The molecule has 1 unspecified atom stereocenters. The molecule has 1 fully saturated rings. The van der Waals surface area contributed by atoms with E-state index in [1.807, 2.05) is 12.1 Å². The van der Waals surface area contributed by atoms with Crippen LogP contribution in [0, 0.1) is 0 Å². The van der Waals surface area contributed by atoms with E-state index in [0.717, 1.165) is 43.9 Å². The summed E-state index contributed by atoms with van der Waals surface area (Å²) in [7, 11) is 0. The number of fused-ring (bicyclic) bond motifs is 1. The van der Waals surface area contributed by atoms with Crippen molar-refractivity contribution in [3.63, 3.8) is 0 Å². The Morgan fingerprint density at radius 2 is 2.05 bits per heavy atom. The van der Waals surface area contributed by atoms with E-state index < -0.39 is 0 Å². The molecule has 0 bridgehead atoms. The van der Waals surface area contributed by atoms with Gasteiger partial charge >= 0.3 is 0 Å². The van der Waals surface area contributed by atoms with Crippen molar-refractivity contribution in [3.8, 4) is 0 Å². The number of anilines is 1. The standard InChI is InChI=1S/C15H21N3O2/c19-10-14(18-7-5-16-6-8-18)12-1-3-13-11(9-12)2-4-15(20)17-13/h1,3,9,14,16,19H,2,4-8,10H2,(H,17,20). The Morgan fingerprint density at radius 1 is 1.25 bits per heavy atom. The highest BCUT2D eigenvalue weighted by Gasteiger charge is 2.23. The van der Waals surface area contributed by atoms with Gasteiger partial charge in [0, 0.05) is 38.3 Å². The summed E-state index contributed by atoms with van der Waals surface area (Å²) in [5.41, 5.74) is 3.24. The lowest BCUT2D eigenvalue weighted by molar-refractivity contribution is -0.116. The molecule has 2 aliphatic heterocycles. The molecule has 0 radical (unpaired) electrons. The Bertz CT molecular complexity index is 498. The lowest BCUT2D eigenvalue weighted by atomic mass is 9.96. The van der Waals surface area contributed by atoms with Gasteiger partial charge in [-0.2, -0.15) is 0 Å². The minimum Gasteiger partial charge on any atom is -0.394 e. The molecule has 0 aromatic heterocycles. The highest BCUT2D eigenvalue weighted by molar-refractivity contribution is 5.93. The molecule has 1 aromatic carbocycles. The van der Waals surface area contributed by atoms with Crippen molar-refractivity contribution >= 4 is 11.6 Å². The monoisotopic (exact) mass is 275 g/mol. The summed E-state index contributed by atoms with van der Waals surface area (Å²) in [5, 5.41) is 16.0. The molecule has 1 saturated heterocycles. The fourth-order valence-corrected chi connectivity index (χ4v) is 3.04. The Kier molecular flexibility index (Phi) is 4.00. The summed E-state index contributed by atoms with van der Waals surface area (Å²) < 4.78 is 0.